The topological polar surface area (TPSA) is 38.9 Å². The Hall–Kier alpha value is -4.15. The van der Waals surface area contributed by atoms with Gasteiger partial charge in [-0.2, -0.15) is 0 Å². The van der Waals surface area contributed by atoms with Crippen molar-refractivity contribution in [3.8, 4) is 33.6 Å². The van der Waals surface area contributed by atoms with Crippen LogP contribution in [0.25, 0.3) is 55.6 Å². The van der Waals surface area contributed by atoms with Gasteiger partial charge in [0.05, 0.1) is 13.7 Å². The molecule has 0 spiro atoms. The molecule has 1 aliphatic rings. The van der Waals surface area contributed by atoms with Crippen LogP contribution in [0.15, 0.2) is 108 Å². The summed E-state index contributed by atoms with van der Waals surface area (Å²) >= 11 is 0. The molecule has 0 saturated heterocycles. The predicted octanol–water partition coefficient (Wildman–Crippen LogP) is 12.5. The Morgan fingerprint density at radius 1 is 0.755 bits per heavy atom. The number of rotatable bonds is 5. The van der Waals surface area contributed by atoms with Gasteiger partial charge >= 0.3 is 0 Å². The van der Waals surface area contributed by atoms with Crippen LogP contribution >= 0.6 is 0 Å². The van der Waals surface area contributed by atoms with E-state index in [1.54, 1.807) is 10.8 Å². The molecule has 0 atom stereocenters. The van der Waals surface area contributed by atoms with Gasteiger partial charge in [-0.15, -0.1) is 53.6 Å². The van der Waals surface area contributed by atoms with Crippen LogP contribution in [-0.4, -0.2) is 18.0 Å². The van der Waals surface area contributed by atoms with E-state index < -0.39 is 8.07 Å². The minimum atomic E-state index is -1.31. The first-order chi connectivity index (χ1) is 24.9. The first kappa shape index (κ1) is 38.6. The summed E-state index contributed by atoms with van der Waals surface area (Å²) in [6, 6.07) is 38.5. The molecule has 0 N–H and O–H groups in total. The van der Waals surface area contributed by atoms with Crippen molar-refractivity contribution in [3.05, 3.63) is 138 Å². The van der Waals surface area contributed by atoms with Crippen LogP contribution < -0.4 is 5.19 Å². The van der Waals surface area contributed by atoms with Crippen molar-refractivity contribution in [3.63, 3.8) is 0 Å². The summed E-state index contributed by atoms with van der Waals surface area (Å²) in [4.78, 5) is 9.44. The first-order valence-electron chi connectivity index (χ1n) is 18.8. The summed E-state index contributed by atoms with van der Waals surface area (Å²) in [6.07, 6.45) is 9.08. The molecule has 0 fully saturated rings. The minimum Gasteiger partial charge on any atom is -0.476 e. The van der Waals surface area contributed by atoms with E-state index in [4.69, 9.17) is 9.40 Å². The van der Waals surface area contributed by atoms with E-state index in [1.807, 2.05) is 18.3 Å². The summed E-state index contributed by atoms with van der Waals surface area (Å²) in [6.45, 7) is 18.4. The molecule has 0 aliphatic heterocycles. The van der Waals surface area contributed by atoms with E-state index in [-0.39, 0.29) is 25.5 Å². The van der Waals surface area contributed by atoms with Gasteiger partial charge in [0.15, 0.2) is 0 Å². The number of hydrogen-bond acceptors (Lipinski definition) is 3. The Labute approximate surface area is 330 Å². The Morgan fingerprint density at radius 2 is 1.49 bits per heavy atom. The fraction of sp³-hybridized carbons (Fsp3) is 0.292. The molecule has 53 heavy (non-hydrogen) atoms. The van der Waals surface area contributed by atoms with E-state index >= 15 is 0 Å². The molecular formula is C48H50IrN2OSi-2. The molecular weight excluding hydrogens is 841 g/mol. The Bertz CT molecular complexity index is 2350. The minimum absolute atomic E-state index is 0. The molecule has 1 aliphatic carbocycles. The maximum absolute atomic E-state index is 6.45. The average Bonchev–Trinajstić information content (AvgIpc) is 3.52. The predicted molar refractivity (Wildman–Crippen MR) is 222 cm³/mol. The number of hydrogen-bond donors (Lipinski definition) is 0. The maximum atomic E-state index is 6.45. The van der Waals surface area contributed by atoms with Gasteiger partial charge in [0.1, 0.15) is 5.58 Å². The SMILES string of the molecule is CC(C)c1cc(-c2ccccc2)cc2c1oc1cc(-c3cc(C(C)(C)C)ccn3)[c-]cc12.C[Si](C)(C)c1cnc(-c2[c-]cccc2)c2c1CCCC2.[Ir]. The number of aromatic nitrogens is 2. The van der Waals surface area contributed by atoms with Crippen molar-refractivity contribution in [1.29, 1.82) is 0 Å². The molecule has 3 heterocycles. The summed E-state index contributed by atoms with van der Waals surface area (Å²) in [5.74, 6) is 0.357. The third-order valence-electron chi connectivity index (χ3n) is 10.3. The third kappa shape index (κ3) is 8.18. The van der Waals surface area contributed by atoms with Crippen molar-refractivity contribution < 1.29 is 24.5 Å². The Balaban J connectivity index is 0.000000197. The van der Waals surface area contributed by atoms with E-state index in [9.17, 15) is 0 Å². The fourth-order valence-corrected chi connectivity index (χ4v) is 9.06. The average molecular weight is 891 g/mol. The van der Waals surface area contributed by atoms with Crippen LogP contribution in [-0.2, 0) is 38.4 Å². The third-order valence-corrected chi connectivity index (χ3v) is 12.4. The molecule has 8 rings (SSSR count). The smallest absolute Gasteiger partial charge is 0.127 e. The summed E-state index contributed by atoms with van der Waals surface area (Å²) in [5, 5.41) is 3.80. The van der Waals surface area contributed by atoms with Crippen LogP contribution in [0.2, 0.25) is 19.6 Å². The molecule has 0 amide bonds. The number of benzene rings is 4. The normalized spacial score (nSPS) is 13.0. The number of nitrogens with zero attached hydrogens (tertiary/aromatic N) is 2. The monoisotopic (exact) mass is 891 g/mol. The molecule has 3 nitrogen and oxygen atoms in total. The van der Waals surface area contributed by atoms with Crippen LogP contribution in [0, 0.1) is 12.1 Å². The van der Waals surface area contributed by atoms with E-state index in [2.05, 4.69) is 156 Å². The van der Waals surface area contributed by atoms with Crippen molar-refractivity contribution in [2.75, 3.05) is 0 Å². The molecule has 0 bridgehead atoms. The fourth-order valence-electron chi connectivity index (χ4n) is 7.43. The van der Waals surface area contributed by atoms with Gasteiger partial charge in [-0.3, -0.25) is 0 Å². The molecule has 7 aromatic rings. The summed E-state index contributed by atoms with van der Waals surface area (Å²) in [5.41, 5.74) is 14.1. The molecule has 1 radical (unpaired) electrons. The van der Waals surface area contributed by atoms with Gasteiger partial charge in [-0.05, 0) is 93.4 Å². The molecule has 5 heteroatoms. The van der Waals surface area contributed by atoms with Crippen LogP contribution in [0.4, 0.5) is 0 Å². The zero-order valence-electron chi connectivity index (χ0n) is 32.4. The second-order valence-corrected chi connectivity index (χ2v) is 21.6. The molecule has 0 unspecified atom stereocenters. The van der Waals surface area contributed by atoms with Crippen molar-refractivity contribution in [2.24, 2.45) is 0 Å². The van der Waals surface area contributed by atoms with Gasteiger partial charge in [0.2, 0.25) is 0 Å². The van der Waals surface area contributed by atoms with E-state index in [0.717, 1.165) is 38.8 Å². The zero-order chi connectivity index (χ0) is 36.6. The largest absolute Gasteiger partial charge is 0.476 e. The van der Waals surface area contributed by atoms with Crippen molar-refractivity contribution >= 4 is 35.2 Å². The molecule has 273 valence electrons. The Kier molecular flexibility index (Phi) is 11.4. The van der Waals surface area contributed by atoms with Gasteiger partial charge in [0.25, 0.3) is 0 Å². The van der Waals surface area contributed by atoms with Gasteiger partial charge in [-0.1, -0.05) is 119 Å². The molecule has 3 aromatic heterocycles. The second kappa shape index (κ2) is 15.7. The number of fused-ring (bicyclic) bond motifs is 4. The van der Waals surface area contributed by atoms with Crippen molar-refractivity contribution in [2.45, 2.75) is 91.3 Å². The molecule has 4 aromatic carbocycles. The first-order valence-corrected chi connectivity index (χ1v) is 22.3. The van der Waals surface area contributed by atoms with Crippen LogP contribution in [0.3, 0.4) is 0 Å². The zero-order valence-corrected chi connectivity index (χ0v) is 35.8. The maximum Gasteiger partial charge on any atom is 0.127 e. The van der Waals surface area contributed by atoms with Gasteiger partial charge in [-0.25, -0.2) is 0 Å². The second-order valence-electron chi connectivity index (χ2n) is 16.6. The van der Waals surface area contributed by atoms with E-state index in [1.165, 1.54) is 59.2 Å². The van der Waals surface area contributed by atoms with E-state index in [0.29, 0.717) is 5.92 Å². The Morgan fingerprint density at radius 3 is 2.17 bits per heavy atom. The van der Waals surface area contributed by atoms with Gasteiger partial charge in [0, 0.05) is 32.5 Å². The van der Waals surface area contributed by atoms with Crippen LogP contribution in [0.5, 0.6) is 0 Å². The quantitative estimate of drug-likeness (QED) is 0.128. The van der Waals surface area contributed by atoms with Crippen LogP contribution in [0.1, 0.15) is 75.6 Å². The van der Waals surface area contributed by atoms with Crippen molar-refractivity contribution in [1.82, 2.24) is 9.97 Å². The number of pyridine rings is 2. The number of furan rings is 1. The summed E-state index contributed by atoms with van der Waals surface area (Å²) in [7, 11) is -1.31. The van der Waals surface area contributed by atoms with Gasteiger partial charge < -0.3 is 14.4 Å². The summed E-state index contributed by atoms with van der Waals surface area (Å²) < 4.78 is 6.45. The standard InChI is InChI=1S/C30H28NO.C18H22NSi.Ir/c1-19(2)25-15-22(20-9-7-6-8-10-20)16-26-24-12-11-21(17-28(24)32-29(25)26)27-18-23(13-14-31-27)30(3,4)5;1-20(2,3)17-13-19-18(14-9-5-4-6-10-14)16-12-8-7-11-15(16)17;/h6-10,12-19H,1-5H3;4-6,9,13H,7-8,11-12H2,1-3H3;/q2*-1;. The molecule has 0 saturated carbocycles.